The van der Waals surface area contributed by atoms with E-state index in [1.165, 1.54) is 4.88 Å². The Labute approximate surface area is 178 Å². The maximum Gasteiger partial charge on any atom is 0.254 e. The summed E-state index contributed by atoms with van der Waals surface area (Å²) in [5.74, 6) is 1.78. The van der Waals surface area contributed by atoms with Gasteiger partial charge < -0.3 is 9.88 Å². The first-order chi connectivity index (χ1) is 14.1. The Morgan fingerprint density at radius 2 is 1.83 bits per heavy atom. The summed E-state index contributed by atoms with van der Waals surface area (Å²) >= 11 is 3.54. The molecule has 0 spiro atoms. The van der Waals surface area contributed by atoms with E-state index in [2.05, 4.69) is 10.0 Å². The van der Waals surface area contributed by atoms with Crippen molar-refractivity contribution in [2.45, 2.75) is 17.1 Å². The lowest BCUT2D eigenvalue weighted by Crippen LogP contribution is -2.35. The molecule has 0 saturated heterocycles. The van der Waals surface area contributed by atoms with Crippen LogP contribution in [0.1, 0.15) is 20.8 Å². The third kappa shape index (κ3) is 4.42. The Hall–Kier alpha value is -2.07. The number of carbonyl (C=O) groups is 1. The first kappa shape index (κ1) is 20.2. The van der Waals surface area contributed by atoms with E-state index in [1.54, 1.807) is 41.7 Å². The summed E-state index contributed by atoms with van der Waals surface area (Å²) in [6.07, 6.45) is 4.76. The Balaban J connectivity index is 1.45. The molecule has 4 rings (SSSR count). The number of benzene rings is 1. The molecule has 3 heterocycles. The fourth-order valence-corrected chi connectivity index (χ4v) is 6.73. The molecule has 3 aromatic rings. The Morgan fingerprint density at radius 1 is 1.07 bits per heavy atom. The first-order valence-electron chi connectivity index (χ1n) is 9.25. The summed E-state index contributed by atoms with van der Waals surface area (Å²) in [5.41, 5.74) is 1.84. The zero-order valence-electron chi connectivity index (χ0n) is 15.6. The standard InChI is InChI=1S/C20H21N3O3S3/c24-19(21-9-10-22-29(25,26)15-6-2-1-3-7-15)18-16-8-13-27-14-17(16)28-20(18)23-11-4-5-12-23/h1-7,11-12,22H,8-10,13-14H2,(H,21,24). The summed E-state index contributed by atoms with van der Waals surface area (Å²) in [4.78, 5) is 14.4. The molecule has 29 heavy (non-hydrogen) atoms. The van der Waals surface area contributed by atoms with E-state index in [0.717, 1.165) is 28.5 Å². The molecule has 0 radical (unpaired) electrons. The smallest absolute Gasteiger partial charge is 0.254 e. The van der Waals surface area contributed by atoms with Gasteiger partial charge in [-0.2, -0.15) is 11.8 Å². The molecule has 0 aliphatic carbocycles. The van der Waals surface area contributed by atoms with Crippen LogP contribution in [0.5, 0.6) is 0 Å². The van der Waals surface area contributed by atoms with Crippen LogP contribution in [0.4, 0.5) is 0 Å². The topological polar surface area (TPSA) is 80.2 Å². The van der Waals surface area contributed by atoms with Gasteiger partial charge in [0.2, 0.25) is 10.0 Å². The Kier molecular flexibility index (Phi) is 6.09. The van der Waals surface area contributed by atoms with Crippen LogP contribution in [0, 0.1) is 0 Å². The van der Waals surface area contributed by atoms with Crippen LogP contribution in [0.2, 0.25) is 0 Å². The number of fused-ring (bicyclic) bond motifs is 1. The molecule has 1 aliphatic heterocycles. The number of amides is 1. The minimum atomic E-state index is -3.58. The summed E-state index contributed by atoms with van der Waals surface area (Å²) in [5, 5.41) is 3.80. The molecule has 0 saturated carbocycles. The van der Waals surface area contributed by atoms with Gasteiger partial charge in [-0.1, -0.05) is 18.2 Å². The third-order valence-corrected chi connectivity index (χ3v) is 8.51. The van der Waals surface area contributed by atoms with Gasteiger partial charge in [0.1, 0.15) is 5.00 Å². The Bertz CT molecular complexity index is 1090. The normalized spacial score (nSPS) is 13.8. The van der Waals surface area contributed by atoms with Gasteiger partial charge >= 0.3 is 0 Å². The molecule has 1 aromatic carbocycles. The molecule has 0 bridgehead atoms. The van der Waals surface area contributed by atoms with Gasteiger partial charge in [0.25, 0.3) is 5.91 Å². The van der Waals surface area contributed by atoms with Gasteiger partial charge in [-0.3, -0.25) is 4.79 Å². The van der Waals surface area contributed by atoms with Crippen LogP contribution >= 0.6 is 23.1 Å². The minimum Gasteiger partial charge on any atom is -0.351 e. The van der Waals surface area contributed by atoms with Crippen LogP contribution in [0.25, 0.3) is 5.00 Å². The number of thioether (sulfide) groups is 1. The number of rotatable bonds is 7. The van der Waals surface area contributed by atoms with Crippen molar-refractivity contribution >= 4 is 39.0 Å². The van der Waals surface area contributed by atoms with Gasteiger partial charge in [0.05, 0.1) is 10.5 Å². The van der Waals surface area contributed by atoms with E-state index < -0.39 is 10.0 Å². The summed E-state index contributed by atoms with van der Waals surface area (Å²) in [6.45, 7) is 0.347. The quantitative estimate of drug-likeness (QED) is 0.546. The van der Waals surface area contributed by atoms with Crippen LogP contribution < -0.4 is 10.0 Å². The number of sulfonamides is 1. The molecule has 1 amide bonds. The highest BCUT2D eigenvalue weighted by Crippen LogP contribution is 2.38. The summed E-state index contributed by atoms with van der Waals surface area (Å²) in [6, 6.07) is 12.1. The van der Waals surface area contributed by atoms with E-state index in [1.807, 2.05) is 40.9 Å². The highest BCUT2D eigenvalue weighted by Gasteiger charge is 2.26. The molecule has 0 fully saturated rings. The predicted octanol–water partition coefficient (Wildman–Crippen LogP) is 3.04. The Morgan fingerprint density at radius 3 is 2.59 bits per heavy atom. The van der Waals surface area contributed by atoms with Gasteiger partial charge in [0.15, 0.2) is 0 Å². The lowest BCUT2D eigenvalue weighted by molar-refractivity contribution is 0.0954. The maximum atomic E-state index is 13.0. The molecular formula is C20H21N3O3S3. The third-order valence-electron chi connectivity index (χ3n) is 4.62. The minimum absolute atomic E-state index is 0.129. The average Bonchev–Trinajstić information content (AvgIpc) is 3.39. The number of nitrogens with zero attached hydrogens (tertiary/aromatic N) is 1. The van der Waals surface area contributed by atoms with E-state index in [0.29, 0.717) is 5.56 Å². The molecule has 6 nitrogen and oxygen atoms in total. The number of hydrogen-bond donors (Lipinski definition) is 2. The van der Waals surface area contributed by atoms with Crippen LogP contribution in [0.3, 0.4) is 0 Å². The second kappa shape index (κ2) is 8.74. The molecule has 2 aromatic heterocycles. The van der Waals surface area contributed by atoms with E-state index in [-0.39, 0.29) is 23.9 Å². The molecule has 152 valence electrons. The average molecular weight is 448 g/mol. The lowest BCUT2D eigenvalue weighted by Gasteiger charge is -2.13. The number of nitrogens with one attached hydrogen (secondary N) is 2. The van der Waals surface area contributed by atoms with Crippen molar-refractivity contribution in [3.8, 4) is 5.00 Å². The fraction of sp³-hybridized carbons (Fsp3) is 0.250. The zero-order chi connectivity index (χ0) is 20.3. The monoisotopic (exact) mass is 447 g/mol. The number of carbonyl (C=O) groups excluding carboxylic acids is 1. The van der Waals surface area contributed by atoms with Gasteiger partial charge in [-0.05, 0) is 42.0 Å². The number of hydrogen-bond acceptors (Lipinski definition) is 5. The zero-order valence-corrected chi connectivity index (χ0v) is 18.1. The van der Waals surface area contributed by atoms with Crippen molar-refractivity contribution in [3.63, 3.8) is 0 Å². The van der Waals surface area contributed by atoms with E-state index in [9.17, 15) is 13.2 Å². The fourth-order valence-electron chi connectivity index (χ4n) is 3.24. The van der Waals surface area contributed by atoms with Gasteiger partial charge in [-0.15, -0.1) is 11.3 Å². The summed E-state index contributed by atoms with van der Waals surface area (Å²) < 4.78 is 29.1. The van der Waals surface area contributed by atoms with Crippen LogP contribution in [0.15, 0.2) is 59.8 Å². The molecule has 1 aliphatic rings. The SMILES string of the molecule is O=C(NCCNS(=O)(=O)c1ccccc1)c1c(-n2cccc2)sc2c1CCSC2. The molecular weight excluding hydrogens is 426 g/mol. The lowest BCUT2D eigenvalue weighted by atomic mass is 10.1. The largest absolute Gasteiger partial charge is 0.351 e. The van der Waals surface area contributed by atoms with Crippen molar-refractivity contribution in [2.24, 2.45) is 0 Å². The molecule has 9 heteroatoms. The van der Waals surface area contributed by atoms with E-state index >= 15 is 0 Å². The predicted molar refractivity (Wildman–Crippen MR) is 117 cm³/mol. The van der Waals surface area contributed by atoms with Gasteiger partial charge in [-0.25, -0.2) is 13.1 Å². The molecule has 2 N–H and O–H groups in total. The highest BCUT2D eigenvalue weighted by molar-refractivity contribution is 7.98. The number of thiophene rings is 1. The molecule has 0 atom stereocenters. The second-order valence-corrected chi connectivity index (χ2v) is 10.5. The number of aromatic nitrogens is 1. The highest BCUT2D eigenvalue weighted by atomic mass is 32.2. The summed E-state index contributed by atoms with van der Waals surface area (Å²) in [7, 11) is -3.58. The van der Waals surface area contributed by atoms with Crippen LogP contribution in [-0.2, 0) is 22.2 Å². The molecule has 0 unspecified atom stereocenters. The van der Waals surface area contributed by atoms with Crippen molar-refractivity contribution in [2.75, 3.05) is 18.8 Å². The van der Waals surface area contributed by atoms with Crippen molar-refractivity contribution in [1.29, 1.82) is 0 Å². The van der Waals surface area contributed by atoms with Crippen molar-refractivity contribution in [3.05, 3.63) is 70.9 Å². The van der Waals surface area contributed by atoms with Crippen molar-refractivity contribution in [1.82, 2.24) is 14.6 Å². The van der Waals surface area contributed by atoms with Gasteiger partial charge in [0, 0.05) is 36.1 Å². The van der Waals surface area contributed by atoms with Crippen molar-refractivity contribution < 1.29 is 13.2 Å². The second-order valence-electron chi connectivity index (χ2n) is 6.54. The van der Waals surface area contributed by atoms with Crippen LogP contribution in [-0.4, -0.2) is 37.7 Å². The van der Waals surface area contributed by atoms with E-state index in [4.69, 9.17) is 0 Å². The maximum absolute atomic E-state index is 13.0. The first-order valence-corrected chi connectivity index (χ1v) is 12.7.